The van der Waals surface area contributed by atoms with Gasteiger partial charge < -0.3 is 15.3 Å². The first-order valence-corrected chi connectivity index (χ1v) is 7.71. The topological polar surface area (TPSA) is 69.6 Å². The van der Waals surface area contributed by atoms with Crippen LogP contribution in [-0.4, -0.2) is 41.6 Å². The highest BCUT2D eigenvalue weighted by Gasteiger charge is 2.23. The molecule has 1 rings (SSSR count). The number of carbonyl (C=O) groups excluding carboxylic acids is 1. The quantitative estimate of drug-likeness (QED) is 0.787. The van der Waals surface area contributed by atoms with Gasteiger partial charge in [0.1, 0.15) is 0 Å². The zero-order valence-electron chi connectivity index (χ0n) is 12.9. The minimum Gasteiger partial charge on any atom is -0.481 e. The molecule has 3 atom stereocenters. The molecule has 3 unspecified atom stereocenters. The fourth-order valence-electron chi connectivity index (χ4n) is 2.79. The van der Waals surface area contributed by atoms with Crippen LogP contribution in [-0.2, 0) is 4.79 Å². The number of nitrogens with one attached hydrogen (secondary N) is 1. The van der Waals surface area contributed by atoms with Crippen LogP contribution in [0.25, 0.3) is 0 Å². The Balaban J connectivity index is 2.40. The van der Waals surface area contributed by atoms with Crippen molar-refractivity contribution in [3.05, 3.63) is 0 Å². The zero-order chi connectivity index (χ0) is 15.1. The number of urea groups is 1. The standard InChI is InChI=1S/C15H28N2O3/c1-4-17(10-12(3)14(18)19)15(20)16-9-13-8-6-5-7-11(13)2/h11-13H,4-10H2,1-3H3,(H,16,20)(H,18,19). The first-order chi connectivity index (χ1) is 9.45. The van der Waals surface area contributed by atoms with Crippen LogP contribution >= 0.6 is 0 Å². The molecule has 5 nitrogen and oxygen atoms in total. The van der Waals surface area contributed by atoms with E-state index in [4.69, 9.17) is 5.11 Å². The maximum Gasteiger partial charge on any atom is 0.317 e. The van der Waals surface area contributed by atoms with Gasteiger partial charge in [-0.1, -0.05) is 33.1 Å². The van der Waals surface area contributed by atoms with Crippen molar-refractivity contribution in [2.24, 2.45) is 17.8 Å². The Labute approximate surface area is 121 Å². The van der Waals surface area contributed by atoms with Gasteiger partial charge in [0.15, 0.2) is 0 Å². The number of rotatable bonds is 6. The van der Waals surface area contributed by atoms with Gasteiger partial charge in [-0.2, -0.15) is 0 Å². The molecule has 116 valence electrons. The monoisotopic (exact) mass is 284 g/mol. The van der Waals surface area contributed by atoms with Crippen LogP contribution in [0.2, 0.25) is 0 Å². The molecule has 2 amide bonds. The molecule has 0 aliphatic heterocycles. The van der Waals surface area contributed by atoms with E-state index in [9.17, 15) is 9.59 Å². The van der Waals surface area contributed by atoms with Crippen LogP contribution < -0.4 is 5.32 Å². The van der Waals surface area contributed by atoms with Gasteiger partial charge >= 0.3 is 12.0 Å². The van der Waals surface area contributed by atoms with Crippen LogP contribution in [0, 0.1) is 17.8 Å². The van der Waals surface area contributed by atoms with Gasteiger partial charge in [-0.05, 0) is 25.2 Å². The summed E-state index contributed by atoms with van der Waals surface area (Å²) in [6, 6.07) is -0.140. The molecule has 1 aliphatic rings. The molecule has 0 bridgehead atoms. The molecular weight excluding hydrogens is 256 g/mol. The highest BCUT2D eigenvalue weighted by atomic mass is 16.4. The number of carboxylic acids is 1. The lowest BCUT2D eigenvalue weighted by atomic mass is 9.80. The minimum absolute atomic E-state index is 0.140. The molecule has 2 N–H and O–H groups in total. The molecule has 1 aliphatic carbocycles. The van der Waals surface area contributed by atoms with Gasteiger partial charge in [0.25, 0.3) is 0 Å². The van der Waals surface area contributed by atoms with Crippen LogP contribution in [0.1, 0.15) is 46.5 Å². The molecule has 1 saturated carbocycles. The number of carbonyl (C=O) groups is 2. The van der Waals surface area contributed by atoms with Crippen molar-refractivity contribution in [2.75, 3.05) is 19.6 Å². The molecule has 0 aromatic heterocycles. The van der Waals surface area contributed by atoms with Gasteiger partial charge in [-0.3, -0.25) is 4.79 Å². The van der Waals surface area contributed by atoms with E-state index in [1.165, 1.54) is 25.7 Å². The second-order valence-corrected chi connectivity index (χ2v) is 5.99. The summed E-state index contributed by atoms with van der Waals surface area (Å²) in [6.45, 7) is 7.25. The molecule has 0 saturated heterocycles. The van der Waals surface area contributed by atoms with E-state index >= 15 is 0 Å². The van der Waals surface area contributed by atoms with Gasteiger partial charge in [0.05, 0.1) is 5.92 Å². The number of hydrogen-bond donors (Lipinski definition) is 2. The lowest BCUT2D eigenvalue weighted by Gasteiger charge is -2.30. The average molecular weight is 284 g/mol. The summed E-state index contributed by atoms with van der Waals surface area (Å²) in [6.07, 6.45) is 4.97. The van der Waals surface area contributed by atoms with E-state index in [1.54, 1.807) is 11.8 Å². The Hall–Kier alpha value is -1.26. The third kappa shape index (κ3) is 5.02. The third-order valence-corrected chi connectivity index (χ3v) is 4.39. The average Bonchev–Trinajstić information content (AvgIpc) is 2.43. The lowest BCUT2D eigenvalue weighted by Crippen LogP contribution is -2.45. The summed E-state index contributed by atoms with van der Waals surface area (Å²) >= 11 is 0. The Kier molecular flexibility index (Phi) is 6.82. The van der Waals surface area contributed by atoms with Gasteiger partial charge in [-0.15, -0.1) is 0 Å². The number of nitrogens with zero attached hydrogens (tertiary/aromatic N) is 1. The Morgan fingerprint density at radius 1 is 1.35 bits per heavy atom. The Morgan fingerprint density at radius 2 is 2.00 bits per heavy atom. The van der Waals surface area contributed by atoms with Crippen LogP contribution in [0.5, 0.6) is 0 Å². The predicted molar refractivity (Wildman–Crippen MR) is 78.6 cm³/mol. The Bertz CT molecular complexity index is 333. The van der Waals surface area contributed by atoms with Crippen molar-refractivity contribution in [2.45, 2.75) is 46.5 Å². The zero-order valence-corrected chi connectivity index (χ0v) is 12.9. The van der Waals surface area contributed by atoms with Crippen molar-refractivity contribution < 1.29 is 14.7 Å². The molecule has 0 spiro atoms. The second kappa shape index (κ2) is 8.12. The van der Waals surface area contributed by atoms with Gasteiger partial charge in [0.2, 0.25) is 0 Å². The van der Waals surface area contributed by atoms with E-state index in [1.807, 2.05) is 6.92 Å². The SMILES string of the molecule is CCN(CC(C)C(=O)O)C(=O)NCC1CCCCC1C. The van der Waals surface area contributed by atoms with E-state index in [-0.39, 0.29) is 12.6 Å². The van der Waals surface area contributed by atoms with Crippen molar-refractivity contribution in [1.29, 1.82) is 0 Å². The number of hydrogen-bond acceptors (Lipinski definition) is 2. The predicted octanol–water partition coefficient (Wildman–Crippen LogP) is 2.56. The van der Waals surface area contributed by atoms with E-state index in [2.05, 4.69) is 12.2 Å². The fraction of sp³-hybridized carbons (Fsp3) is 0.867. The summed E-state index contributed by atoms with van der Waals surface area (Å²) in [4.78, 5) is 24.5. The van der Waals surface area contributed by atoms with E-state index in [0.29, 0.717) is 24.9 Å². The first kappa shape index (κ1) is 16.8. The highest BCUT2D eigenvalue weighted by molar-refractivity contribution is 5.75. The maximum absolute atomic E-state index is 12.1. The van der Waals surface area contributed by atoms with Crippen LogP contribution in [0.15, 0.2) is 0 Å². The molecule has 0 heterocycles. The lowest BCUT2D eigenvalue weighted by molar-refractivity contribution is -0.141. The third-order valence-electron chi connectivity index (χ3n) is 4.39. The highest BCUT2D eigenvalue weighted by Crippen LogP contribution is 2.28. The fourth-order valence-corrected chi connectivity index (χ4v) is 2.79. The smallest absolute Gasteiger partial charge is 0.317 e. The summed E-state index contributed by atoms with van der Waals surface area (Å²) in [5, 5.41) is 11.9. The molecule has 0 aromatic carbocycles. The molecule has 5 heteroatoms. The molecule has 0 radical (unpaired) electrons. The van der Waals surface area contributed by atoms with E-state index < -0.39 is 11.9 Å². The van der Waals surface area contributed by atoms with Gasteiger partial charge in [0, 0.05) is 19.6 Å². The molecule has 20 heavy (non-hydrogen) atoms. The van der Waals surface area contributed by atoms with Crippen molar-refractivity contribution in [3.8, 4) is 0 Å². The maximum atomic E-state index is 12.1. The number of amides is 2. The number of aliphatic carboxylic acids is 1. The summed E-state index contributed by atoms with van der Waals surface area (Å²) in [7, 11) is 0. The summed E-state index contributed by atoms with van der Waals surface area (Å²) in [5.74, 6) is -0.174. The minimum atomic E-state index is -0.864. The van der Waals surface area contributed by atoms with E-state index in [0.717, 1.165) is 0 Å². The van der Waals surface area contributed by atoms with Crippen LogP contribution in [0.3, 0.4) is 0 Å². The normalized spacial score (nSPS) is 23.9. The van der Waals surface area contributed by atoms with Gasteiger partial charge in [-0.25, -0.2) is 4.79 Å². The number of carboxylic acid groups (broad SMARTS) is 1. The first-order valence-electron chi connectivity index (χ1n) is 7.71. The molecule has 1 fully saturated rings. The van der Waals surface area contributed by atoms with Crippen molar-refractivity contribution >= 4 is 12.0 Å². The van der Waals surface area contributed by atoms with Crippen molar-refractivity contribution in [1.82, 2.24) is 10.2 Å². The molecular formula is C15H28N2O3. The summed E-state index contributed by atoms with van der Waals surface area (Å²) < 4.78 is 0. The summed E-state index contributed by atoms with van der Waals surface area (Å²) in [5.41, 5.74) is 0. The van der Waals surface area contributed by atoms with Crippen LogP contribution in [0.4, 0.5) is 4.79 Å². The largest absolute Gasteiger partial charge is 0.481 e. The second-order valence-electron chi connectivity index (χ2n) is 5.99. The Morgan fingerprint density at radius 3 is 2.55 bits per heavy atom. The van der Waals surface area contributed by atoms with Crippen molar-refractivity contribution in [3.63, 3.8) is 0 Å². The molecule has 0 aromatic rings.